The van der Waals surface area contributed by atoms with E-state index in [9.17, 15) is 17.6 Å². The second kappa shape index (κ2) is 5.40. The van der Waals surface area contributed by atoms with Gasteiger partial charge in [0, 0.05) is 35.1 Å². The standard InChI is InChI=1S/C16H9F4N5/c17-14-6-9(3-4-21-14)15-23-13(16(18,19)20)8-25(15)11-1-2-12-10(5-11)7-22-24-12/h1-8H,(H,22,24). The minimum Gasteiger partial charge on any atom is -0.299 e. The van der Waals surface area contributed by atoms with E-state index in [2.05, 4.69) is 20.2 Å². The molecule has 0 fully saturated rings. The number of benzene rings is 1. The van der Waals surface area contributed by atoms with Crippen LogP contribution in [0, 0.1) is 5.95 Å². The molecule has 5 nitrogen and oxygen atoms in total. The van der Waals surface area contributed by atoms with Crippen molar-refractivity contribution in [3.05, 3.63) is 60.6 Å². The van der Waals surface area contributed by atoms with Crippen molar-refractivity contribution in [1.82, 2.24) is 24.7 Å². The highest BCUT2D eigenvalue weighted by molar-refractivity contribution is 5.80. The van der Waals surface area contributed by atoms with Gasteiger partial charge in [-0.05, 0) is 24.3 Å². The fourth-order valence-corrected chi connectivity index (χ4v) is 2.54. The predicted octanol–water partition coefficient (Wildman–Crippen LogP) is 3.97. The average molecular weight is 347 g/mol. The fraction of sp³-hybridized carbons (Fsp3) is 0.0625. The molecule has 0 amide bonds. The average Bonchev–Trinajstić information content (AvgIpc) is 3.20. The Labute approximate surface area is 138 Å². The number of rotatable bonds is 2. The topological polar surface area (TPSA) is 59.4 Å². The van der Waals surface area contributed by atoms with Gasteiger partial charge in [-0.1, -0.05) is 0 Å². The molecular formula is C16H9F4N5. The van der Waals surface area contributed by atoms with Crippen LogP contribution >= 0.6 is 0 Å². The van der Waals surface area contributed by atoms with Gasteiger partial charge in [0.1, 0.15) is 5.82 Å². The van der Waals surface area contributed by atoms with E-state index in [0.717, 1.165) is 23.2 Å². The lowest BCUT2D eigenvalue weighted by atomic mass is 10.2. The molecule has 0 aliphatic rings. The largest absolute Gasteiger partial charge is 0.434 e. The molecule has 0 bridgehead atoms. The number of nitrogens with one attached hydrogen (secondary N) is 1. The monoisotopic (exact) mass is 347 g/mol. The molecule has 25 heavy (non-hydrogen) atoms. The minimum absolute atomic E-state index is 0.0310. The van der Waals surface area contributed by atoms with Crippen molar-refractivity contribution in [2.45, 2.75) is 6.18 Å². The highest BCUT2D eigenvalue weighted by Gasteiger charge is 2.35. The van der Waals surface area contributed by atoms with E-state index in [1.54, 1.807) is 24.4 Å². The Morgan fingerprint density at radius 1 is 1.08 bits per heavy atom. The summed E-state index contributed by atoms with van der Waals surface area (Å²) in [7, 11) is 0. The minimum atomic E-state index is -4.62. The SMILES string of the molecule is Fc1cc(-c2nc(C(F)(F)F)cn2-c2ccc3[nH]ncc3c2)ccn1. The number of nitrogens with zero attached hydrogens (tertiary/aromatic N) is 4. The number of halogens is 4. The third-order valence-corrected chi connectivity index (χ3v) is 3.68. The number of hydrogen-bond donors (Lipinski definition) is 1. The highest BCUT2D eigenvalue weighted by Crippen LogP contribution is 2.33. The Morgan fingerprint density at radius 3 is 2.68 bits per heavy atom. The van der Waals surface area contributed by atoms with Gasteiger partial charge >= 0.3 is 6.18 Å². The number of pyridine rings is 1. The molecule has 126 valence electrons. The molecule has 0 saturated carbocycles. The van der Waals surface area contributed by atoms with E-state index in [4.69, 9.17) is 0 Å². The van der Waals surface area contributed by atoms with Crippen LogP contribution in [0.25, 0.3) is 28.0 Å². The van der Waals surface area contributed by atoms with Crippen molar-refractivity contribution in [2.75, 3.05) is 0 Å². The molecule has 0 aliphatic carbocycles. The summed E-state index contributed by atoms with van der Waals surface area (Å²) >= 11 is 0. The molecule has 0 radical (unpaired) electrons. The number of imidazole rings is 1. The van der Waals surface area contributed by atoms with E-state index < -0.39 is 17.8 Å². The van der Waals surface area contributed by atoms with Crippen LogP contribution in [-0.4, -0.2) is 24.7 Å². The lowest BCUT2D eigenvalue weighted by Crippen LogP contribution is -2.05. The van der Waals surface area contributed by atoms with Crippen molar-refractivity contribution in [3.63, 3.8) is 0 Å². The Kier molecular flexibility index (Phi) is 3.31. The molecule has 1 aromatic carbocycles. The van der Waals surface area contributed by atoms with Gasteiger partial charge in [0.15, 0.2) is 5.69 Å². The molecular weight excluding hydrogens is 338 g/mol. The maximum Gasteiger partial charge on any atom is 0.434 e. The molecule has 1 N–H and O–H groups in total. The number of hydrogen-bond acceptors (Lipinski definition) is 3. The van der Waals surface area contributed by atoms with Crippen molar-refractivity contribution >= 4 is 10.9 Å². The van der Waals surface area contributed by atoms with Crippen molar-refractivity contribution in [2.24, 2.45) is 0 Å². The second-order valence-corrected chi connectivity index (χ2v) is 5.33. The molecule has 0 saturated heterocycles. The molecule has 3 aromatic heterocycles. The second-order valence-electron chi connectivity index (χ2n) is 5.33. The number of H-pyrrole nitrogens is 1. The summed E-state index contributed by atoms with van der Waals surface area (Å²) in [5, 5.41) is 7.38. The summed E-state index contributed by atoms with van der Waals surface area (Å²) < 4.78 is 54.0. The molecule has 4 rings (SSSR count). The molecule has 0 spiro atoms. The van der Waals surface area contributed by atoms with Crippen LogP contribution in [0.5, 0.6) is 0 Å². The summed E-state index contributed by atoms with van der Waals surface area (Å²) in [4.78, 5) is 7.08. The van der Waals surface area contributed by atoms with E-state index in [0.29, 0.717) is 5.69 Å². The van der Waals surface area contributed by atoms with E-state index in [1.165, 1.54) is 16.8 Å². The van der Waals surface area contributed by atoms with Gasteiger partial charge in [-0.3, -0.25) is 9.67 Å². The van der Waals surface area contributed by atoms with Crippen molar-refractivity contribution in [1.29, 1.82) is 0 Å². The Balaban J connectivity index is 1.94. The summed E-state index contributed by atoms with van der Waals surface area (Å²) in [6.07, 6.45) is -0.997. The van der Waals surface area contributed by atoms with Crippen LogP contribution in [-0.2, 0) is 6.18 Å². The van der Waals surface area contributed by atoms with Crippen LogP contribution in [0.15, 0.2) is 48.9 Å². The van der Waals surface area contributed by atoms with Gasteiger partial charge in [-0.2, -0.15) is 22.7 Å². The van der Waals surface area contributed by atoms with Crippen LogP contribution in [0.4, 0.5) is 17.6 Å². The van der Waals surface area contributed by atoms with Gasteiger partial charge in [0.25, 0.3) is 0 Å². The third kappa shape index (κ3) is 2.73. The maximum atomic E-state index is 13.4. The molecule has 0 aliphatic heterocycles. The predicted molar refractivity (Wildman–Crippen MR) is 81.4 cm³/mol. The maximum absolute atomic E-state index is 13.4. The first-order valence-corrected chi connectivity index (χ1v) is 7.14. The number of fused-ring (bicyclic) bond motifs is 1. The van der Waals surface area contributed by atoms with Gasteiger partial charge < -0.3 is 0 Å². The van der Waals surface area contributed by atoms with Crippen LogP contribution < -0.4 is 0 Å². The first kappa shape index (κ1) is 15.3. The molecule has 9 heteroatoms. The highest BCUT2D eigenvalue weighted by atomic mass is 19.4. The molecule has 3 heterocycles. The van der Waals surface area contributed by atoms with E-state index in [-0.39, 0.29) is 11.4 Å². The number of aromatic amines is 1. The first-order valence-electron chi connectivity index (χ1n) is 7.14. The van der Waals surface area contributed by atoms with Gasteiger partial charge in [0.2, 0.25) is 5.95 Å². The van der Waals surface area contributed by atoms with E-state index in [1.807, 2.05) is 0 Å². The van der Waals surface area contributed by atoms with Crippen LogP contribution in [0.3, 0.4) is 0 Å². The lowest BCUT2D eigenvalue weighted by Gasteiger charge is -2.08. The quantitative estimate of drug-likeness (QED) is 0.441. The van der Waals surface area contributed by atoms with Crippen molar-refractivity contribution < 1.29 is 17.6 Å². The normalized spacial score (nSPS) is 12.0. The lowest BCUT2D eigenvalue weighted by molar-refractivity contribution is -0.140. The summed E-state index contributed by atoms with van der Waals surface area (Å²) in [6.45, 7) is 0. The zero-order valence-corrected chi connectivity index (χ0v) is 12.4. The smallest absolute Gasteiger partial charge is 0.299 e. The summed E-state index contributed by atoms with van der Waals surface area (Å²) in [5.74, 6) is -0.831. The zero-order valence-electron chi connectivity index (χ0n) is 12.4. The fourth-order valence-electron chi connectivity index (χ4n) is 2.54. The summed E-state index contributed by atoms with van der Waals surface area (Å²) in [5.41, 5.74) is 0.322. The molecule has 0 unspecified atom stereocenters. The summed E-state index contributed by atoms with van der Waals surface area (Å²) in [6, 6.07) is 7.43. The van der Waals surface area contributed by atoms with Gasteiger partial charge in [-0.25, -0.2) is 9.97 Å². The Morgan fingerprint density at radius 2 is 1.92 bits per heavy atom. The zero-order chi connectivity index (χ0) is 17.6. The van der Waals surface area contributed by atoms with Gasteiger partial charge in [0.05, 0.1) is 11.7 Å². The van der Waals surface area contributed by atoms with Crippen molar-refractivity contribution in [3.8, 4) is 17.1 Å². The third-order valence-electron chi connectivity index (χ3n) is 3.68. The molecule has 4 aromatic rings. The van der Waals surface area contributed by atoms with Crippen LogP contribution in [0.2, 0.25) is 0 Å². The Bertz CT molecular complexity index is 1060. The Hall–Kier alpha value is -3.23. The molecule has 0 atom stereocenters. The number of aromatic nitrogens is 5. The van der Waals surface area contributed by atoms with Gasteiger partial charge in [-0.15, -0.1) is 0 Å². The van der Waals surface area contributed by atoms with E-state index >= 15 is 0 Å². The van der Waals surface area contributed by atoms with Crippen LogP contribution in [0.1, 0.15) is 5.69 Å². The number of alkyl halides is 3. The first-order chi connectivity index (χ1) is 11.9.